The fourth-order valence-corrected chi connectivity index (χ4v) is 2.56. The fraction of sp³-hybridized carbons (Fsp3) is 0.923. The normalized spacial score (nSPS) is 26.9. The number of carbonyl (C=O) groups is 1. The lowest BCUT2D eigenvalue weighted by Gasteiger charge is -2.29. The van der Waals surface area contributed by atoms with Crippen molar-refractivity contribution in [3.63, 3.8) is 0 Å². The quantitative estimate of drug-likeness (QED) is 0.771. The second-order valence-corrected chi connectivity index (χ2v) is 6.42. The van der Waals surface area contributed by atoms with Crippen LogP contribution in [0.3, 0.4) is 0 Å². The Labute approximate surface area is 98.6 Å². The Kier molecular flexibility index (Phi) is 3.24. The molecule has 0 spiro atoms. The number of carbonyl (C=O) groups excluding carboxylic acids is 1. The monoisotopic (exact) mass is 224 g/mol. The van der Waals surface area contributed by atoms with Gasteiger partial charge in [-0.25, -0.2) is 0 Å². The number of likely N-dealkylation sites (tertiary alicyclic amines) is 1. The molecule has 1 unspecified atom stereocenters. The van der Waals surface area contributed by atoms with Gasteiger partial charge >= 0.3 is 0 Å². The van der Waals surface area contributed by atoms with Crippen molar-refractivity contribution in [1.29, 1.82) is 0 Å². The van der Waals surface area contributed by atoms with E-state index in [1.165, 1.54) is 6.42 Å². The molecule has 2 fully saturated rings. The van der Waals surface area contributed by atoms with Crippen LogP contribution in [-0.4, -0.2) is 37.0 Å². The third kappa shape index (κ3) is 2.57. The van der Waals surface area contributed by atoms with E-state index in [4.69, 9.17) is 0 Å². The summed E-state index contributed by atoms with van der Waals surface area (Å²) in [6, 6.07) is 0. The van der Waals surface area contributed by atoms with Gasteiger partial charge in [0.15, 0.2) is 0 Å². The largest absolute Gasteiger partial charge is 0.342 e. The molecule has 0 bridgehead atoms. The van der Waals surface area contributed by atoms with Gasteiger partial charge in [-0.15, -0.1) is 0 Å². The van der Waals surface area contributed by atoms with E-state index < -0.39 is 0 Å². The molecule has 2 rings (SSSR count). The molecular weight excluding hydrogens is 200 g/mol. The molecule has 0 aromatic heterocycles. The number of hydrogen-bond donors (Lipinski definition) is 1. The molecule has 0 aromatic carbocycles. The smallest absolute Gasteiger partial charge is 0.222 e. The highest BCUT2D eigenvalue weighted by molar-refractivity contribution is 5.76. The van der Waals surface area contributed by atoms with Crippen LogP contribution in [0.25, 0.3) is 0 Å². The topological polar surface area (TPSA) is 32.3 Å². The molecule has 0 aromatic rings. The molecule has 2 aliphatic rings. The van der Waals surface area contributed by atoms with Gasteiger partial charge in [0.1, 0.15) is 0 Å². The van der Waals surface area contributed by atoms with E-state index in [2.05, 4.69) is 31.0 Å². The summed E-state index contributed by atoms with van der Waals surface area (Å²) in [6.07, 6.45) is 1.93. The highest BCUT2D eigenvalue weighted by Crippen LogP contribution is 2.33. The molecule has 2 aliphatic heterocycles. The lowest BCUT2D eigenvalue weighted by Crippen LogP contribution is -2.45. The Balaban J connectivity index is 1.81. The van der Waals surface area contributed by atoms with Crippen molar-refractivity contribution in [3.8, 4) is 0 Å². The third-order valence-corrected chi connectivity index (χ3v) is 4.10. The zero-order valence-electron chi connectivity index (χ0n) is 10.8. The van der Waals surface area contributed by atoms with Gasteiger partial charge in [0.25, 0.3) is 0 Å². The molecule has 1 amide bonds. The predicted octanol–water partition coefficient (Wildman–Crippen LogP) is 1.49. The molecule has 1 atom stereocenters. The van der Waals surface area contributed by atoms with Crippen LogP contribution >= 0.6 is 0 Å². The summed E-state index contributed by atoms with van der Waals surface area (Å²) < 4.78 is 0. The number of nitrogens with one attached hydrogen (secondary N) is 1. The fourth-order valence-electron chi connectivity index (χ4n) is 2.56. The van der Waals surface area contributed by atoms with Crippen molar-refractivity contribution in [2.24, 2.45) is 17.3 Å². The Morgan fingerprint density at radius 3 is 2.50 bits per heavy atom. The summed E-state index contributed by atoms with van der Waals surface area (Å²) in [4.78, 5) is 14.1. The minimum absolute atomic E-state index is 0.340. The number of rotatable bonds is 2. The van der Waals surface area contributed by atoms with Crippen molar-refractivity contribution < 1.29 is 4.79 Å². The molecule has 3 heteroatoms. The third-order valence-electron chi connectivity index (χ3n) is 4.10. The van der Waals surface area contributed by atoms with Crippen molar-refractivity contribution >= 4 is 5.91 Å². The Morgan fingerprint density at radius 1 is 1.38 bits per heavy atom. The van der Waals surface area contributed by atoms with Gasteiger partial charge in [-0.1, -0.05) is 20.8 Å². The first kappa shape index (κ1) is 11.9. The van der Waals surface area contributed by atoms with Crippen molar-refractivity contribution in [2.75, 3.05) is 26.2 Å². The zero-order valence-corrected chi connectivity index (χ0v) is 10.8. The van der Waals surface area contributed by atoms with Gasteiger partial charge in [0.2, 0.25) is 5.91 Å². The van der Waals surface area contributed by atoms with E-state index in [1.54, 1.807) is 0 Å². The molecule has 0 saturated carbocycles. The highest BCUT2D eigenvalue weighted by atomic mass is 16.2. The van der Waals surface area contributed by atoms with Crippen LogP contribution in [0.15, 0.2) is 0 Å². The Morgan fingerprint density at radius 2 is 2.06 bits per heavy atom. The van der Waals surface area contributed by atoms with Gasteiger partial charge < -0.3 is 10.2 Å². The van der Waals surface area contributed by atoms with E-state index in [0.29, 0.717) is 23.2 Å². The van der Waals surface area contributed by atoms with Gasteiger partial charge in [-0.05, 0) is 36.8 Å². The van der Waals surface area contributed by atoms with Crippen LogP contribution in [0.1, 0.15) is 33.6 Å². The van der Waals surface area contributed by atoms with E-state index in [1.807, 2.05) is 0 Å². The van der Waals surface area contributed by atoms with Crippen molar-refractivity contribution in [1.82, 2.24) is 10.2 Å². The summed E-state index contributed by atoms with van der Waals surface area (Å²) in [6.45, 7) is 10.8. The first-order valence-electron chi connectivity index (χ1n) is 6.45. The maximum atomic E-state index is 12.0. The maximum absolute atomic E-state index is 12.0. The van der Waals surface area contributed by atoms with Crippen LogP contribution in [0.5, 0.6) is 0 Å². The van der Waals surface area contributed by atoms with Crippen LogP contribution < -0.4 is 5.32 Å². The predicted molar refractivity (Wildman–Crippen MR) is 65.1 cm³/mol. The van der Waals surface area contributed by atoms with Crippen LogP contribution in [0.2, 0.25) is 0 Å². The zero-order chi connectivity index (χ0) is 11.8. The summed E-state index contributed by atoms with van der Waals surface area (Å²) in [5, 5.41) is 3.22. The van der Waals surface area contributed by atoms with Gasteiger partial charge in [-0.2, -0.15) is 0 Å². The van der Waals surface area contributed by atoms with Crippen LogP contribution in [-0.2, 0) is 4.79 Å². The highest BCUT2D eigenvalue weighted by Gasteiger charge is 2.34. The molecule has 2 heterocycles. The standard InChI is InChI=1S/C13H24N2O/c1-13(2,3)11-4-5-15(9-11)12(16)6-10-7-14-8-10/h10-11,14H,4-9H2,1-3H3. The van der Waals surface area contributed by atoms with Gasteiger partial charge in [0, 0.05) is 19.5 Å². The summed E-state index contributed by atoms with van der Waals surface area (Å²) >= 11 is 0. The van der Waals surface area contributed by atoms with E-state index in [0.717, 1.165) is 32.6 Å². The number of amides is 1. The van der Waals surface area contributed by atoms with E-state index in [9.17, 15) is 4.79 Å². The van der Waals surface area contributed by atoms with Crippen LogP contribution in [0.4, 0.5) is 0 Å². The number of nitrogens with zero attached hydrogens (tertiary/aromatic N) is 1. The second-order valence-electron chi connectivity index (χ2n) is 6.42. The Bertz CT molecular complexity index is 266. The molecule has 2 saturated heterocycles. The van der Waals surface area contributed by atoms with Crippen molar-refractivity contribution in [2.45, 2.75) is 33.6 Å². The second kappa shape index (κ2) is 4.36. The lowest BCUT2D eigenvalue weighted by molar-refractivity contribution is -0.131. The average molecular weight is 224 g/mol. The minimum Gasteiger partial charge on any atom is -0.342 e. The summed E-state index contributed by atoms with van der Waals surface area (Å²) in [5.74, 6) is 1.65. The van der Waals surface area contributed by atoms with Crippen molar-refractivity contribution in [3.05, 3.63) is 0 Å². The van der Waals surface area contributed by atoms with Gasteiger partial charge in [-0.3, -0.25) is 4.79 Å². The molecule has 0 aliphatic carbocycles. The molecule has 16 heavy (non-hydrogen) atoms. The van der Waals surface area contributed by atoms with Crippen LogP contribution in [0, 0.1) is 17.3 Å². The lowest BCUT2D eigenvalue weighted by atomic mass is 9.80. The molecular formula is C13H24N2O. The van der Waals surface area contributed by atoms with E-state index >= 15 is 0 Å². The van der Waals surface area contributed by atoms with E-state index in [-0.39, 0.29) is 0 Å². The van der Waals surface area contributed by atoms with Gasteiger partial charge in [0.05, 0.1) is 0 Å². The first-order chi connectivity index (χ1) is 7.47. The minimum atomic E-state index is 0.340. The molecule has 0 radical (unpaired) electrons. The summed E-state index contributed by atoms with van der Waals surface area (Å²) in [7, 11) is 0. The molecule has 3 nitrogen and oxygen atoms in total. The summed E-state index contributed by atoms with van der Waals surface area (Å²) in [5.41, 5.74) is 0.340. The SMILES string of the molecule is CC(C)(C)C1CCN(C(=O)CC2CNC2)C1. The first-order valence-corrected chi connectivity index (χ1v) is 6.45. The average Bonchev–Trinajstić information content (AvgIpc) is 2.58. The molecule has 1 N–H and O–H groups in total. The molecule has 92 valence electrons. The number of hydrogen-bond acceptors (Lipinski definition) is 2. The Hall–Kier alpha value is -0.570. The maximum Gasteiger partial charge on any atom is 0.222 e.